The number of benzene rings is 1. The number of carbonyl (C=O) groups excluding carboxylic acids is 1. The standard InChI is InChI=1S/C12H11BrFNO3S/c1-6-15(10(5-19-6)12(17)18)11(16)8-4-7(13)2-3-9(8)14/h2-4,6,10H,5H2,1H3,(H,17,18). The number of halogens is 2. The highest BCUT2D eigenvalue weighted by Crippen LogP contribution is 2.31. The fourth-order valence-corrected chi connectivity index (χ4v) is 3.47. The second-order valence-corrected chi connectivity index (χ2v) is 6.39. The Morgan fingerprint density at radius 1 is 1.53 bits per heavy atom. The van der Waals surface area contributed by atoms with Crippen LogP contribution in [0.2, 0.25) is 0 Å². The molecule has 0 spiro atoms. The van der Waals surface area contributed by atoms with Gasteiger partial charge < -0.3 is 10.0 Å². The first-order valence-electron chi connectivity index (χ1n) is 5.54. The molecule has 1 aromatic rings. The molecule has 1 aromatic carbocycles. The summed E-state index contributed by atoms with van der Waals surface area (Å²) in [5, 5.41) is 8.83. The van der Waals surface area contributed by atoms with Crippen LogP contribution in [-0.4, -0.2) is 39.1 Å². The quantitative estimate of drug-likeness (QED) is 0.893. The predicted octanol–water partition coefficient (Wildman–Crippen LogP) is 2.58. The molecule has 1 saturated heterocycles. The van der Waals surface area contributed by atoms with Gasteiger partial charge in [0, 0.05) is 10.2 Å². The summed E-state index contributed by atoms with van der Waals surface area (Å²) < 4.78 is 14.3. The molecule has 1 fully saturated rings. The van der Waals surface area contributed by atoms with Crippen molar-refractivity contribution in [1.29, 1.82) is 0 Å². The molecule has 1 heterocycles. The minimum absolute atomic E-state index is 0.116. The number of carbonyl (C=O) groups is 2. The Balaban J connectivity index is 2.37. The van der Waals surface area contributed by atoms with Gasteiger partial charge in [-0.2, -0.15) is 0 Å². The van der Waals surface area contributed by atoms with Gasteiger partial charge in [0.2, 0.25) is 0 Å². The van der Waals surface area contributed by atoms with Crippen LogP contribution in [-0.2, 0) is 4.79 Å². The van der Waals surface area contributed by atoms with Gasteiger partial charge in [0.05, 0.1) is 10.9 Å². The summed E-state index contributed by atoms with van der Waals surface area (Å²) in [5.41, 5.74) is -0.116. The number of rotatable bonds is 2. The summed E-state index contributed by atoms with van der Waals surface area (Å²) in [6, 6.07) is 3.13. The van der Waals surface area contributed by atoms with Gasteiger partial charge in [-0.15, -0.1) is 11.8 Å². The Morgan fingerprint density at radius 3 is 2.84 bits per heavy atom. The highest BCUT2D eigenvalue weighted by molar-refractivity contribution is 9.10. The Morgan fingerprint density at radius 2 is 2.21 bits per heavy atom. The molecule has 102 valence electrons. The molecule has 0 bridgehead atoms. The molecule has 0 aromatic heterocycles. The molecule has 0 saturated carbocycles. The van der Waals surface area contributed by atoms with Crippen LogP contribution >= 0.6 is 27.7 Å². The molecule has 1 aliphatic rings. The monoisotopic (exact) mass is 347 g/mol. The Labute approximate surface area is 122 Å². The summed E-state index contributed by atoms with van der Waals surface area (Å²) in [6.45, 7) is 1.74. The second kappa shape index (κ2) is 5.50. The first kappa shape index (κ1) is 14.3. The molecule has 2 atom stereocenters. The number of hydrogen-bond acceptors (Lipinski definition) is 3. The van der Waals surface area contributed by atoms with Crippen LogP contribution < -0.4 is 0 Å². The number of amides is 1. The van der Waals surface area contributed by atoms with Gasteiger partial charge in [-0.3, -0.25) is 4.79 Å². The van der Waals surface area contributed by atoms with Crippen molar-refractivity contribution in [3.8, 4) is 0 Å². The van der Waals surface area contributed by atoms with Crippen LogP contribution in [0.25, 0.3) is 0 Å². The van der Waals surface area contributed by atoms with E-state index in [4.69, 9.17) is 5.11 Å². The fraction of sp³-hybridized carbons (Fsp3) is 0.333. The van der Waals surface area contributed by atoms with Crippen LogP contribution in [0.5, 0.6) is 0 Å². The maximum atomic E-state index is 13.7. The number of aliphatic carboxylic acids is 1. The van der Waals surface area contributed by atoms with Crippen molar-refractivity contribution in [2.45, 2.75) is 18.3 Å². The molecule has 1 amide bonds. The molecule has 7 heteroatoms. The summed E-state index contributed by atoms with van der Waals surface area (Å²) in [6.07, 6.45) is 0. The van der Waals surface area contributed by atoms with E-state index < -0.39 is 23.7 Å². The van der Waals surface area contributed by atoms with E-state index in [2.05, 4.69) is 15.9 Å². The third kappa shape index (κ3) is 2.76. The van der Waals surface area contributed by atoms with Crippen molar-refractivity contribution in [1.82, 2.24) is 4.90 Å². The summed E-state index contributed by atoms with van der Waals surface area (Å²) in [5.74, 6) is -2.00. The van der Waals surface area contributed by atoms with E-state index in [1.165, 1.54) is 34.9 Å². The molecule has 1 N–H and O–H groups in total. The lowest BCUT2D eigenvalue weighted by Crippen LogP contribution is -2.45. The topological polar surface area (TPSA) is 57.6 Å². The molecule has 2 unspecified atom stereocenters. The number of carboxylic acids is 1. The lowest BCUT2D eigenvalue weighted by molar-refractivity contribution is -0.141. The lowest BCUT2D eigenvalue weighted by Gasteiger charge is -2.25. The minimum atomic E-state index is -1.07. The normalized spacial score (nSPS) is 22.6. The zero-order chi connectivity index (χ0) is 14.2. The van der Waals surface area contributed by atoms with Gasteiger partial charge in [0.15, 0.2) is 0 Å². The SMILES string of the molecule is CC1SCC(C(=O)O)N1C(=O)c1cc(Br)ccc1F. The number of thioether (sulfide) groups is 1. The van der Waals surface area contributed by atoms with E-state index >= 15 is 0 Å². The van der Waals surface area contributed by atoms with Crippen LogP contribution in [0.15, 0.2) is 22.7 Å². The molecule has 19 heavy (non-hydrogen) atoms. The Hall–Kier alpha value is -1.08. The van der Waals surface area contributed by atoms with Gasteiger partial charge in [0.1, 0.15) is 11.9 Å². The maximum absolute atomic E-state index is 13.7. The average molecular weight is 348 g/mol. The molecular formula is C12H11BrFNO3S. The Kier molecular flexibility index (Phi) is 4.15. The summed E-state index contributed by atoms with van der Waals surface area (Å²) in [7, 11) is 0. The lowest BCUT2D eigenvalue weighted by atomic mass is 10.1. The van der Waals surface area contributed by atoms with Crippen LogP contribution in [0, 0.1) is 5.82 Å². The van der Waals surface area contributed by atoms with Gasteiger partial charge in [0.25, 0.3) is 5.91 Å². The average Bonchev–Trinajstić information content (AvgIpc) is 2.73. The largest absolute Gasteiger partial charge is 0.480 e. The minimum Gasteiger partial charge on any atom is -0.480 e. The van der Waals surface area contributed by atoms with Crippen LogP contribution in [0.4, 0.5) is 4.39 Å². The van der Waals surface area contributed by atoms with Crippen molar-refractivity contribution in [2.75, 3.05) is 5.75 Å². The molecular weight excluding hydrogens is 337 g/mol. The van der Waals surface area contributed by atoms with Crippen molar-refractivity contribution < 1.29 is 19.1 Å². The van der Waals surface area contributed by atoms with E-state index in [1.54, 1.807) is 6.92 Å². The zero-order valence-electron chi connectivity index (χ0n) is 9.97. The third-order valence-corrected chi connectivity index (χ3v) is 4.61. The Bertz CT molecular complexity index is 540. The van der Waals surface area contributed by atoms with Gasteiger partial charge in [-0.25, -0.2) is 9.18 Å². The molecule has 2 rings (SSSR count). The summed E-state index contributed by atoms with van der Waals surface area (Å²) in [4.78, 5) is 24.7. The van der Waals surface area contributed by atoms with Crippen molar-refractivity contribution in [3.63, 3.8) is 0 Å². The van der Waals surface area contributed by atoms with Crippen LogP contribution in [0.1, 0.15) is 17.3 Å². The maximum Gasteiger partial charge on any atom is 0.327 e. The van der Waals surface area contributed by atoms with E-state index in [0.29, 0.717) is 10.2 Å². The van der Waals surface area contributed by atoms with Gasteiger partial charge in [-0.05, 0) is 25.1 Å². The van der Waals surface area contributed by atoms with E-state index in [0.717, 1.165) is 0 Å². The highest BCUT2D eigenvalue weighted by Gasteiger charge is 2.40. The van der Waals surface area contributed by atoms with E-state index in [-0.39, 0.29) is 10.9 Å². The van der Waals surface area contributed by atoms with E-state index in [1.807, 2.05) is 0 Å². The second-order valence-electron chi connectivity index (χ2n) is 4.12. The number of hydrogen-bond donors (Lipinski definition) is 1. The molecule has 1 aliphatic heterocycles. The molecule has 4 nitrogen and oxygen atoms in total. The van der Waals surface area contributed by atoms with Gasteiger partial charge >= 0.3 is 5.97 Å². The van der Waals surface area contributed by atoms with Crippen molar-refractivity contribution in [2.24, 2.45) is 0 Å². The van der Waals surface area contributed by atoms with Crippen molar-refractivity contribution in [3.05, 3.63) is 34.1 Å². The predicted molar refractivity (Wildman–Crippen MR) is 73.6 cm³/mol. The molecule has 0 aliphatic carbocycles. The van der Waals surface area contributed by atoms with E-state index in [9.17, 15) is 14.0 Å². The first-order valence-corrected chi connectivity index (χ1v) is 7.38. The number of carboxylic acid groups (broad SMARTS) is 1. The fourth-order valence-electron chi connectivity index (χ4n) is 1.94. The van der Waals surface area contributed by atoms with Crippen LogP contribution in [0.3, 0.4) is 0 Å². The third-order valence-electron chi connectivity index (χ3n) is 2.90. The zero-order valence-corrected chi connectivity index (χ0v) is 12.4. The number of nitrogens with zero attached hydrogens (tertiary/aromatic N) is 1. The first-order chi connectivity index (χ1) is 8.91. The summed E-state index contributed by atoms with van der Waals surface area (Å²) >= 11 is 4.54. The highest BCUT2D eigenvalue weighted by atomic mass is 79.9. The van der Waals surface area contributed by atoms with Crippen molar-refractivity contribution >= 4 is 39.6 Å². The smallest absolute Gasteiger partial charge is 0.327 e. The molecule has 0 radical (unpaired) electrons. The van der Waals surface area contributed by atoms with Gasteiger partial charge in [-0.1, -0.05) is 15.9 Å².